The number of hydrogen-bond donors (Lipinski definition) is 1. The topological polar surface area (TPSA) is 29.1 Å². The van der Waals surface area contributed by atoms with Gasteiger partial charge in [-0.3, -0.25) is 4.79 Å². The third-order valence-electron chi connectivity index (χ3n) is 4.07. The Morgan fingerprint density at radius 2 is 1.89 bits per heavy atom. The Bertz CT molecular complexity index is 368. The minimum atomic E-state index is 0.190. The van der Waals surface area contributed by atoms with Crippen LogP contribution in [0.2, 0.25) is 0 Å². The van der Waals surface area contributed by atoms with Gasteiger partial charge in [-0.15, -0.1) is 0 Å². The number of hydrogen-bond acceptors (Lipinski definition) is 1. The summed E-state index contributed by atoms with van der Waals surface area (Å²) in [5.41, 5.74) is 1.24. The van der Waals surface area contributed by atoms with E-state index in [4.69, 9.17) is 0 Å². The van der Waals surface area contributed by atoms with Crippen LogP contribution in [0.1, 0.15) is 50.5 Å². The summed E-state index contributed by atoms with van der Waals surface area (Å²) in [4.78, 5) is 11.7. The quantitative estimate of drug-likeness (QED) is 0.743. The van der Waals surface area contributed by atoms with Crippen LogP contribution in [0.25, 0.3) is 0 Å². The van der Waals surface area contributed by atoms with E-state index in [1.165, 1.54) is 37.7 Å². The molecule has 1 aliphatic carbocycles. The number of benzene rings is 1. The Kier molecular flexibility index (Phi) is 5.93. The highest BCUT2D eigenvalue weighted by molar-refractivity contribution is 5.76. The zero-order chi connectivity index (χ0) is 13.3. The van der Waals surface area contributed by atoms with E-state index >= 15 is 0 Å². The third-order valence-corrected chi connectivity index (χ3v) is 4.07. The molecule has 1 aromatic carbocycles. The van der Waals surface area contributed by atoms with Gasteiger partial charge in [0, 0.05) is 13.0 Å². The molecule has 2 rings (SSSR count). The largest absolute Gasteiger partial charge is 0.356 e. The van der Waals surface area contributed by atoms with Crippen LogP contribution in [-0.4, -0.2) is 12.5 Å². The fourth-order valence-electron chi connectivity index (χ4n) is 2.91. The molecule has 0 unspecified atom stereocenters. The zero-order valence-electron chi connectivity index (χ0n) is 11.7. The van der Waals surface area contributed by atoms with Crippen molar-refractivity contribution in [1.29, 1.82) is 0 Å². The second kappa shape index (κ2) is 7.98. The molecule has 0 radical (unpaired) electrons. The van der Waals surface area contributed by atoms with Crippen LogP contribution >= 0.6 is 0 Å². The highest BCUT2D eigenvalue weighted by Gasteiger charge is 2.14. The van der Waals surface area contributed by atoms with Crippen molar-refractivity contribution in [2.24, 2.45) is 5.92 Å². The van der Waals surface area contributed by atoms with E-state index in [9.17, 15) is 4.79 Å². The first-order valence-corrected chi connectivity index (χ1v) is 7.65. The monoisotopic (exact) mass is 259 g/mol. The van der Waals surface area contributed by atoms with Crippen molar-refractivity contribution in [3.05, 3.63) is 35.9 Å². The van der Waals surface area contributed by atoms with Gasteiger partial charge in [0.2, 0.25) is 5.91 Å². The number of amides is 1. The minimum absolute atomic E-state index is 0.190. The average Bonchev–Trinajstić information content (AvgIpc) is 2.96. The lowest BCUT2D eigenvalue weighted by Crippen LogP contribution is -2.24. The van der Waals surface area contributed by atoms with Gasteiger partial charge in [-0.25, -0.2) is 0 Å². The van der Waals surface area contributed by atoms with Crippen LogP contribution in [0, 0.1) is 5.92 Å². The molecule has 1 N–H and O–H groups in total. The smallest absolute Gasteiger partial charge is 0.220 e. The summed E-state index contributed by atoms with van der Waals surface area (Å²) in [6.45, 7) is 0.851. The van der Waals surface area contributed by atoms with E-state index < -0.39 is 0 Å². The Labute approximate surface area is 116 Å². The van der Waals surface area contributed by atoms with Crippen molar-refractivity contribution < 1.29 is 4.79 Å². The van der Waals surface area contributed by atoms with Crippen molar-refractivity contribution in [3.63, 3.8) is 0 Å². The maximum atomic E-state index is 11.7. The van der Waals surface area contributed by atoms with Crippen molar-refractivity contribution >= 4 is 5.91 Å². The van der Waals surface area contributed by atoms with Gasteiger partial charge < -0.3 is 5.32 Å². The summed E-state index contributed by atoms with van der Waals surface area (Å²) in [6.07, 6.45) is 9.51. The first-order valence-electron chi connectivity index (χ1n) is 7.65. The summed E-state index contributed by atoms with van der Waals surface area (Å²) < 4.78 is 0. The van der Waals surface area contributed by atoms with Gasteiger partial charge >= 0.3 is 0 Å². The van der Waals surface area contributed by atoms with Gasteiger partial charge in [0.05, 0.1) is 0 Å². The lowest BCUT2D eigenvalue weighted by molar-refractivity contribution is -0.121. The second-order valence-corrected chi connectivity index (χ2v) is 5.63. The predicted octanol–water partition coefficient (Wildman–Crippen LogP) is 3.71. The number of nitrogens with one attached hydrogen (secondary N) is 1. The molecular weight excluding hydrogens is 234 g/mol. The Hall–Kier alpha value is -1.31. The standard InChI is InChI=1S/C17H25NO/c19-17(13-12-16-7-2-1-3-8-16)18-14-6-11-15-9-4-5-10-15/h1-3,7-8,15H,4-6,9-14H2,(H,18,19). The van der Waals surface area contributed by atoms with E-state index in [0.717, 1.165) is 25.3 Å². The molecule has 1 amide bonds. The lowest BCUT2D eigenvalue weighted by Gasteiger charge is -2.09. The molecule has 0 saturated heterocycles. The average molecular weight is 259 g/mol. The number of carbonyl (C=O) groups excluding carboxylic acids is 1. The molecular formula is C17H25NO. The number of carbonyl (C=O) groups is 1. The van der Waals surface area contributed by atoms with Gasteiger partial charge in [-0.2, -0.15) is 0 Å². The highest BCUT2D eigenvalue weighted by Crippen LogP contribution is 2.28. The molecule has 2 nitrogen and oxygen atoms in total. The third kappa shape index (κ3) is 5.46. The van der Waals surface area contributed by atoms with Crippen LogP contribution in [0.5, 0.6) is 0 Å². The van der Waals surface area contributed by atoms with Gasteiger partial charge in [0.25, 0.3) is 0 Å². The van der Waals surface area contributed by atoms with Crippen LogP contribution in [0.3, 0.4) is 0 Å². The van der Waals surface area contributed by atoms with Gasteiger partial charge in [0.1, 0.15) is 0 Å². The van der Waals surface area contributed by atoms with Crippen LogP contribution in [0.15, 0.2) is 30.3 Å². The van der Waals surface area contributed by atoms with Crippen LogP contribution in [-0.2, 0) is 11.2 Å². The summed E-state index contributed by atoms with van der Waals surface area (Å²) >= 11 is 0. The van der Waals surface area contributed by atoms with Crippen molar-refractivity contribution in [2.75, 3.05) is 6.54 Å². The fourth-order valence-corrected chi connectivity index (χ4v) is 2.91. The van der Waals surface area contributed by atoms with Gasteiger partial charge in [0.15, 0.2) is 0 Å². The van der Waals surface area contributed by atoms with Gasteiger partial charge in [-0.05, 0) is 30.7 Å². The molecule has 0 bridgehead atoms. The Balaban J connectivity index is 1.52. The molecule has 0 spiro atoms. The van der Waals surface area contributed by atoms with Crippen LogP contribution in [0.4, 0.5) is 0 Å². The minimum Gasteiger partial charge on any atom is -0.356 e. The summed E-state index contributed by atoms with van der Waals surface area (Å²) in [5.74, 6) is 1.12. The molecule has 104 valence electrons. The normalized spacial score (nSPS) is 15.6. The Morgan fingerprint density at radius 1 is 1.16 bits per heavy atom. The zero-order valence-corrected chi connectivity index (χ0v) is 11.7. The predicted molar refractivity (Wildman–Crippen MR) is 79.0 cm³/mol. The van der Waals surface area contributed by atoms with E-state index in [1.54, 1.807) is 0 Å². The highest BCUT2D eigenvalue weighted by atomic mass is 16.1. The summed E-state index contributed by atoms with van der Waals surface area (Å²) in [5, 5.41) is 3.04. The fraction of sp³-hybridized carbons (Fsp3) is 0.588. The first kappa shape index (κ1) is 14.1. The molecule has 0 atom stereocenters. The van der Waals surface area contributed by atoms with E-state index in [2.05, 4.69) is 17.4 Å². The number of aryl methyl sites for hydroxylation is 1. The molecule has 0 aliphatic heterocycles. The van der Waals surface area contributed by atoms with Crippen molar-refractivity contribution in [2.45, 2.75) is 51.4 Å². The molecule has 1 aromatic rings. The lowest BCUT2D eigenvalue weighted by atomic mass is 10.0. The van der Waals surface area contributed by atoms with Gasteiger partial charge in [-0.1, -0.05) is 56.0 Å². The van der Waals surface area contributed by atoms with Crippen LogP contribution < -0.4 is 5.32 Å². The maximum absolute atomic E-state index is 11.7. The molecule has 0 aromatic heterocycles. The summed E-state index contributed by atoms with van der Waals surface area (Å²) in [6, 6.07) is 10.2. The summed E-state index contributed by atoms with van der Waals surface area (Å²) in [7, 11) is 0. The van der Waals surface area contributed by atoms with E-state index in [-0.39, 0.29) is 5.91 Å². The SMILES string of the molecule is O=C(CCc1ccccc1)NCCCC1CCCC1. The van der Waals surface area contributed by atoms with Crippen molar-refractivity contribution in [1.82, 2.24) is 5.32 Å². The molecule has 0 heterocycles. The van der Waals surface area contributed by atoms with E-state index in [1.807, 2.05) is 18.2 Å². The molecule has 1 saturated carbocycles. The Morgan fingerprint density at radius 3 is 2.63 bits per heavy atom. The molecule has 19 heavy (non-hydrogen) atoms. The molecule has 2 heteroatoms. The first-order chi connectivity index (χ1) is 9.34. The molecule has 1 aliphatic rings. The van der Waals surface area contributed by atoms with E-state index in [0.29, 0.717) is 6.42 Å². The maximum Gasteiger partial charge on any atom is 0.220 e. The van der Waals surface area contributed by atoms with Crippen molar-refractivity contribution in [3.8, 4) is 0 Å². The number of rotatable bonds is 7. The second-order valence-electron chi connectivity index (χ2n) is 5.63. The molecule has 1 fully saturated rings.